The van der Waals surface area contributed by atoms with Gasteiger partial charge in [0.15, 0.2) is 12.3 Å². The molecule has 0 aliphatic rings. The number of hydrogen-bond acceptors (Lipinski definition) is 5. The normalized spacial score (nSPS) is 11.5. The fourth-order valence-electron chi connectivity index (χ4n) is 3.49. The number of fused-ring (bicyclic) bond motifs is 1. The first-order chi connectivity index (χ1) is 15.7. The van der Waals surface area contributed by atoms with Crippen LogP contribution in [0.4, 0.5) is 13.2 Å². The number of amides is 1. The summed E-state index contributed by atoms with van der Waals surface area (Å²) >= 11 is 0. The van der Waals surface area contributed by atoms with Crippen LogP contribution in [0.3, 0.4) is 0 Å². The summed E-state index contributed by atoms with van der Waals surface area (Å²) in [4.78, 5) is 21.7. The summed E-state index contributed by atoms with van der Waals surface area (Å²) in [6, 6.07) is 14.2. The largest absolute Gasteiger partial charge is 0.468 e. The topological polar surface area (TPSA) is 81.9 Å². The standard InChI is InChI=1S/C23H20F3N5O2/c1-14-19-17(11-18(15-7-4-3-5-8-15)29-20(19)31(2)30-14)21(32)28-12-16-9-6-10-27-22(16)33-13-23(24,25)26/h3-11H,12-13H2,1-2H3,(H,28,32). The van der Waals surface area contributed by atoms with E-state index in [1.54, 1.807) is 36.9 Å². The average molecular weight is 455 g/mol. The van der Waals surface area contributed by atoms with Crippen molar-refractivity contribution in [3.05, 3.63) is 71.5 Å². The van der Waals surface area contributed by atoms with Gasteiger partial charge in [-0.05, 0) is 19.1 Å². The van der Waals surface area contributed by atoms with Crippen molar-refractivity contribution < 1.29 is 22.7 Å². The first-order valence-corrected chi connectivity index (χ1v) is 10.0. The maximum absolute atomic E-state index is 13.2. The molecule has 10 heteroatoms. The molecule has 3 heterocycles. The van der Waals surface area contributed by atoms with Crippen LogP contribution in [0.5, 0.6) is 5.88 Å². The van der Waals surface area contributed by atoms with Gasteiger partial charge in [-0.1, -0.05) is 36.4 Å². The number of hydrogen-bond donors (Lipinski definition) is 1. The zero-order valence-electron chi connectivity index (χ0n) is 17.8. The first kappa shape index (κ1) is 22.3. The summed E-state index contributed by atoms with van der Waals surface area (Å²) in [5, 5.41) is 7.75. The van der Waals surface area contributed by atoms with Gasteiger partial charge in [0.1, 0.15) is 0 Å². The van der Waals surface area contributed by atoms with Crippen molar-refractivity contribution in [2.45, 2.75) is 19.6 Å². The van der Waals surface area contributed by atoms with Gasteiger partial charge in [-0.15, -0.1) is 0 Å². The van der Waals surface area contributed by atoms with E-state index in [4.69, 9.17) is 4.74 Å². The fraction of sp³-hybridized carbons (Fsp3) is 0.217. The lowest BCUT2D eigenvalue weighted by Crippen LogP contribution is -2.25. The fourth-order valence-corrected chi connectivity index (χ4v) is 3.49. The van der Waals surface area contributed by atoms with E-state index >= 15 is 0 Å². The number of halogens is 3. The molecule has 4 rings (SSSR count). The molecule has 0 unspecified atom stereocenters. The van der Waals surface area contributed by atoms with Gasteiger partial charge in [-0.2, -0.15) is 18.3 Å². The van der Waals surface area contributed by atoms with Crippen LogP contribution in [0.2, 0.25) is 0 Å². The van der Waals surface area contributed by atoms with Gasteiger partial charge in [-0.25, -0.2) is 9.97 Å². The van der Waals surface area contributed by atoms with Crippen molar-refractivity contribution in [1.82, 2.24) is 25.1 Å². The summed E-state index contributed by atoms with van der Waals surface area (Å²) in [5.41, 5.74) is 3.32. The SMILES string of the molecule is Cc1nn(C)c2nc(-c3ccccc3)cc(C(=O)NCc3cccnc3OCC(F)(F)F)c12. The number of nitrogens with zero attached hydrogens (tertiary/aromatic N) is 4. The Balaban J connectivity index is 1.64. The van der Waals surface area contributed by atoms with E-state index in [-0.39, 0.29) is 12.4 Å². The molecule has 0 spiro atoms. The number of pyridine rings is 2. The van der Waals surface area contributed by atoms with Crippen molar-refractivity contribution in [2.24, 2.45) is 7.05 Å². The molecule has 0 bridgehead atoms. The van der Waals surface area contributed by atoms with E-state index in [0.717, 1.165) is 5.56 Å². The van der Waals surface area contributed by atoms with Crippen molar-refractivity contribution in [3.8, 4) is 17.1 Å². The molecule has 3 aromatic heterocycles. The molecular formula is C23H20F3N5O2. The molecule has 170 valence electrons. The number of nitrogens with one attached hydrogen (secondary N) is 1. The van der Waals surface area contributed by atoms with E-state index in [1.165, 1.54) is 6.20 Å². The van der Waals surface area contributed by atoms with E-state index in [2.05, 4.69) is 20.4 Å². The predicted molar refractivity (Wildman–Crippen MR) is 116 cm³/mol. The van der Waals surface area contributed by atoms with E-state index in [0.29, 0.717) is 33.5 Å². The van der Waals surface area contributed by atoms with E-state index < -0.39 is 18.7 Å². The lowest BCUT2D eigenvalue weighted by molar-refractivity contribution is -0.154. The molecular weight excluding hydrogens is 435 g/mol. The van der Waals surface area contributed by atoms with Gasteiger partial charge in [0.05, 0.1) is 22.3 Å². The second-order valence-corrected chi connectivity index (χ2v) is 7.38. The lowest BCUT2D eigenvalue weighted by Gasteiger charge is -2.13. The lowest BCUT2D eigenvalue weighted by atomic mass is 10.0. The Morgan fingerprint density at radius 3 is 2.64 bits per heavy atom. The van der Waals surface area contributed by atoms with Gasteiger partial charge in [0.2, 0.25) is 5.88 Å². The number of ether oxygens (including phenoxy) is 1. The van der Waals surface area contributed by atoms with Crippen LogP contribution in [0, 0.1) is 6.92 Å². The van der Waals surface area contributed by atoms with Crippen LogP contribution in [0.25, 0.3) is 22.3 Å². The molecule has 1 aromatic carbocycles. The molecule has 7 nitrogen and oxygen atoms in total. The number of aryl methyl sites for hydroxylation is 2. The van der Waals surface area contributed by atoms with Crippen molar-refractivity contribution in [1.29, 1.82) is 0 Å². The number of carbonyl (C=O) groups is 1. The number of rotatable bonds is 6. The number of benzene rings is 1. The Morgan fingerprint density at radius 1 is 1.15 bits per heavy atom. The minimum atomic E-state index is -4.49. The van der Waals surface area contributed by atoms with Gasteiger partial charge in [0.25, 0.3) is 5.91 Å². The highest BCUT2D eigenvalue weighted by Crippen LogP contribution is 2.27. The minimum absolute atomic E-state index is 0.0658. The Kier molecular flexibility index (Phi) is 5.99. The number of carbonyl (C=O) groups excluding carboxylic acids is 1. The maximum atomic E-state index is 13.2. The summed E-state index contributed by atoms with van der Waals surface area (Å²) < 4.78 is 44.0. The Labute approximate surface area is 187 Å². The van der Waals surface area contributed by atoms with Crippen LogP contribution in [0.1, 0.15) is 21.6 Å². The van der Waals surface area contributed by atoms with Crippen LogP contribution < -0.4 is 10.1 Å². The molecule has 4 aromatic rings. The third-order valence-electron chi connectivity index (χ3n) is 4.94. The van der Waals surface area contributed by atoms with Gasteiger partial charge in [0, 0.05) is 30.9 Å². The van der Waals surface area contributed by atoms with Crippen LogP contribution in [-0.2, 0) is 13.6 Å². The second kappa shape index (κ2) is 8.89. The molecule has 0 radical (unpaired) electrons. The summed E-state index contributed by atoms with van der Waals surface area (Å²) in [6.07, 6.45) is -3.17. The molecule has 0 aliphatic heterocycles. The smallest absolute Gasteiger partial charge is 0.422 e. The van der Waals surface area contributed by atoms with Crippen molar-refractivity contribution >= 4 is 16.9 Å². The molecule has 0 fully saturated rings. The van der Waals surface area contributed by atoms with Gasteiger partial charge < -0.3 is 10.1 Å². The zero-order chi connectivity index (χ0) is 23.6. The van der Waals surface area contributed by atoms with E-state index in [9.17, 15) is 18.0 Å². The third-order valence-corrected chi connectivity index (χ3v) is 4.94. The molecule has 0 atom stereocenters. The number of aromatic nitrogens is 4. The molecule has 0 aliphatic carbocycles. The monoisotopic (exact) mass is 455 g/mol. The maximum Gasteiger partial charge on any atom is 0.422 e. The van der Waals surface area contributed by atoms with Crippen LogP contribution >= 0.6 is 0 Å². The average Bonchev–Trinajstić information content (AvgIpc) is 3.09. The quantitative estimate of drug-likeness (QED) is 0.471. The predicted octanol–water partition coefficient (Wildman–Crippen LogP) is 4.21. The number of alkyl halides is 3. The van der Waals surface area contributed by atoms with Gasteiger partial charge >= 0.3 is 6.18 Å². The third kappa shape index (κ3) is 4.94. The zero-order valence-corrected chi connectivity index (χ0v) is 17.8. The molecule has 1 N–H and O–H groups in total. The first-order valence-electron chi connectivity index (χ1n) is 10.0. The Bertz CT molecular complexity index is 1300. The minimum Gasteiger partial charge on any atom is -0.468 e. The molecule has 0 saturated carbocycles. The molecule has 1 amide bonds. The van der Waals surface area contributed by atoms with E-state index in [1.807, 2.05) is 30.3 Å². The van der Waals surface area contributed by atoms with Crippen LogP contribution in [0.15, 0.2) is 54.7 Å². The Hall–Kier alpha value is -3.95. The van der Waals surface area contributed by atoms with Crippen LogP contribution in [-0.4, -0.2) is 38.4 Å². The van der Waals surface area contributed by atoms with Gasteiger partial charge in [-0.3, -0.25) is 9.48 Å². The summed E-state index contributed by atoms with van der Waals surface area (Å²) in [6.45, 7) is 0.252. The molecule has 33 heavy (non-hydrogen) atoms. The molecule has 0 saturated heterocycles. The highest BCUT2D eigenvalue weighted by atomic mass is 19.4. The van der Waals surface area contributed by atoms with Crippen molar-refractivity contribution in [3.63, 3.8) is 0 Å². The highest BCUT2D eigenvalue weighted by molar-refractivity contribution is 6.07. The highest BCUT2D eigenvalue weighted by Gasteiger charge is 2.29. The Morgan fingerprint density at radius 2 is 1.91 bits per heavy atom. The summed E-state index contributed by atoms with van der Waals surface area (Å²) in [5.74, 6) is -0.598. The summed E-state index contributed by atoms with van der Waals surface area (Å²) in [7, 11) is 1.75. The van der Waals surface area contributed by atoms with Crippen molar-refractivity contribution in [2.75, 3.05) is 6.61 Å². The second-order valence-electron chi connectivity index (χ2n) is 7.38.